The molecule has 1 saturated heterocycles. The Morgan fingerprint density at radius 2 is 1.82 bits per heavy atom. The van der Waals surface area contributed by atoms with E-state index < -0.39 is 10.0 Å². The van der Waals surface area contributed by atoms with Crippen molar-refractivity contribution in [1.29, 1.82) is 0 Å². The quantitative estimate of drug-likeness (QED) is 0.792. The second kappa shape index (κ2) is 8.94. The summed E-state index contributed by atoms with van der Waals surface area (Å²) in [7, 11) is -3.68. The fraction of sp³-hybridized carbons (Fsp3) is 0.350. The molecule has 8 heteroatoms. The van der Waals surface area contributed by atoms with E-state index in [0.29, 0.717) is 23.4 Å². The van der Waals surface area contributed by atoms with Gasteiger partial charge in [0.2, 0.25) is 0 Å². The Morgan fingerprint density at radius 3 is 2.46 bits per heavy atom. The Labute approximate surface area is 172 Å². The molecule has 0 radical (unpaired) electrons. The van der Waals surface area contributed by atoms with Gasteiger partial charge in [0.1, 0.15) is 0 Å². The smallest absolute Gasteiger partial charge is 0.262 e. The van der Waals surface area contributed by atoms with Crippen LogP contribution in [0.1, 0.15) is 28.4 Å². The average molecular weight is 424 g/mol. The summed E-state index contributed by atoms with van der Waals surface area (Å²) >= 11 is 0. The van der Waals surface area contributed by atoms with Crippen molar-refractivity contribution in [2.24, 2.45) is 0 Å². The van der Waals surface area contributed by atoms with E-state index in [1.165, 1.54) is 0 Å². The third-order valence-corrected chi connectivity index (χ3v) is 6.30. The Hall–Kier alpha value is -2.09. The summed E-state index contributed by atoms with van der Waals surface area (Å²) in [5.41, 5.74) is 2.55. The van der Waals surface area contributed by atoms with Crippen LogP contribution in [-0.2, 0) is 10.0 Å². The summed E-state index contributed by atoms with van der Waals surface area (Å²) in [5.74, 6) is -0.0343. The number of benzene rings is 2. The molecule has 0 spiro atoms. The molecule has 1 aliphatic rings. The molecule has 152 valence electrons. The van der Waals surface area contributed by atoms with Crippen molar-refractivity contribution in [2.45, 2.75) is 31.7 Å². The summed E-state index contributed by atoms with van der Waals surface area (Å²) in [5, 5.41) is 3.26. The van der Waals surface area contributed by atoms with Crippen molar-refractivity contribution in [3.8, 4) is 0 Å². The van der Waals surface area contributed by atoms with E-state index in [2.05, 4.69) is 10.0 Å². The number of carbonyl (C=O) groups is 1. The van der Waals surface area contributed by atoms with E-state index in [1.807, 2.05) is 24.8 Å². The van der Waals surface area contributed by atoms with Gasteiger partial charge >= 0.3 is 0 Å². The van der Waals surface area contributed by atoms with Gasteiger partial charge in [-0.25, -0.2) is 8.42 Å². The molecule has 1 fully saturated rings. The van der Waals surface area contributed by atoms with Gasteiger partial charge in [-0.3, -0.25) is 9.52 Å². The summed E-state index contributed by atoms with van der Waals surface area (Å²) in [6.45, 7) is 7.86. The molecule has 1 atom stereocenters. The van der Waals surface area contributed by atoms with Crippen LogP contribution >= 0.6 is 12.4 Å². The lowest BCUT2D eigenvalue weighted by Gasteiger charge is -2.34. The Morgan fingerprint density at radius 1 is 1.14 bits per heavy atom. The van der Waals surface area contributed by atoms with Gasteiger partial charge in [0.15, 0.2) is 0 Å². The van der Waals surface area contributed by atoms with E-state index in [1.54, 1.807) is 43.3 Å². The highest BCUT2D eigenvalue weighted by Crippen LogP contribution is 2.21. The zero-order valence-corrected chi connectivity index (χ0v) is 17.9. The average Bonchev–Trinajstić information content (AvgIpc) is 2.64. The van der Waals surface area contributed by atoms with Crippen LogP contribution in [0.25, 0.3) is 0 Å². The Balaban J connectivity index is 0.00000280. The van der Waals surface area contributed by atoms with Crippen molar-refractivity contribution in [1.82, 2.24) is 10.2 Å². The standard InChI is InChI=1S/C20H25N3O3S.ClH/c1-14-4-5-15(2)19(12-14)27(25,26)22-18-8-6-17(7-9-18)20(24)23-11-10-21-13-16(23)3;/h4-9,12,16,21-22H,10-11,13H2,1-3H3;1H/t16-;/m1./s1. The summed E-state index contributed by atoms with van der Waals surface area (Å²) < 4.78 is 28.0. The van der Waals surface area contributed by atoms with Crippen LogP contribution < -0.4 is 10.0 Å². The van der Waals surface area contributed by atoms with Gasteiger partial charge in [-0.05, 0) is 62.2 Å². The minimum atomic E-state index is -3.68. The third-order valence-electron chi connectivity index (χ3n) is 4.78. The highest BCUT2D eigenvalue weighted by molar-refractivity contribution is 7.92. The van der Waals surface area contributed by atoms with Gasteiger partial charge in [0.05, 0.1) is 4.90 Å². The number of nitrogens with one attached hydrogen (secondary N) is 2. The van der Waals surface area contributed by atoms with Crippen molar-refractivity contribution < 1.29 is 13.2 Å². The lowest BCUT2D eigenvalue weighted by Crippen LogP contribution is -2.52. The van der Waals surface area contributed by atoms with Crippen LogP contribution in [0.3, 0.4) is 0 Å². The number of rotatable bonds is 4. The van der Waals surface area contributed by atoms with Crippen LogP contribution in [0, 0.1) is 13.8 Å². The number of amides is 1. The minimum Gasteiger partial charge on any atom is -0.333 e. The fourth-order valence-electron chi connectivity index (χ4n) is 3.20. The van der Waals surface area contributed by atoms with E-state index in [9.17, 15) is 13.2 Å². The zero-order valence-electron chi connectivity index (χ0n) is 16.2. The van der Waals surface area contributed by atoms with Gasteiger partial charge in [-0.15, -0.1) is 12.4 Å². The highest BCUT2D eigenvalue weighted by Gasteiger charge is 2.24. The molecule has 28 heavy (non-hydrogen) atoms. The molecule has 1 aliphatic heterocycles. The molecule has 6 nitrogen and oxygen atoms in total. The number of nitrogens with zero attached hydrogens (tertiary/aromatic N) is 1. The van der Waals surface area contributed by atoms with E-state index in [-0.39, 0.29) is 29.3 Å². The largest absolute Gasteiger partial charge is 0.333 e. The molecule has 1 heterocycles. The number of hydrogen-bond donors (Lipinski definition) is 2. The summed E-state index contributed by atoms with van der Waals surface area (Å²) in [4.78, 5) is 14.8. The molecule has 0 bridgehead atoms. The maximum absolute atomic E-state index is 12.7. The molecule has 0 saturated carbocycles. The normalized spacial score (nSPS) is 17.0. The lowest BCUT2D eigenvalue weighted by molar-refractivity contribution is 0.0656. The zero-order chi connectivity index (χ0) is 19.6. The first kappa shape index (κ1) is 22.2. The first-order chi connectivity index (χ1) is 12.8. The second-order valence-electron chi connectivity index (χ2n) is 7.00. The molecule has 2 aromatic carbocycles. The van der Waals surface area contributed by atoms with Gasteiger partial charge < -0.3 is 10.2 Å². The first-order valence-electron chi connectivity index (χ1n) is 9.00. The molecule has 1 amide bonds. The number of piperazine rings is 1. The molecule has 2 aromatic rings. The third kappa shape index (κ3) is 4.84. The number of anilines is 1. The molecule has 0 aromatic heterocycles. The van der Waals surface area contributed by atoms with Crippen LogP contribution in [0.15, 0.2) is 47.4 Å². The monoisotopic (exact) mass is 423 g/mol. The Kier molecular flexibility index (Phi) is 7.09. The van der Waals surface area contributed by atoms with Gasteiger partial charge in [-0.2, -0.15) is 0 Å². The summed E-state index contributed by atoms with van der Waals surface area (Å²) in [6.07, 6.45) is 0. The predicted molar refractivity (Wildman–Crippen MR) is 114 cm³/mol. The molecule has 0 unspecified atom stereocenters. The van der Waals surface area contributed by atoms with E-state index in [0.717, 1.165) is 18.7 Å². The fourth-order valence-corrected chi connectivity index (χ4v) is 4.59. The molecule has 2 N–H and O–H groups in total. The number of sulfonamides is 1. The molecular weight excluding hydrogens is 398 g/mol. The second-order valence-corrected chi connectivity index (χ2v) is 8.65. The van der Waals surface area contributed by atoms with Crippen LogP contribution in [0.5, 0.6) is 0 Å². The van der Waals surface area contributed by atoms with Crippen molar-refractivity contribution >= 4 is 34.0 Å². The van der Waals surface area contributed by atoms with E-state index in [4.69, 9.17) is 0 Å². The maximum atomic E-state index is 12.7. The van der Waals surface area contributed by atoms with Gasteiger partial charge in [-0.1, -0.05) is 12.1 Å². The minimum absolute atomic E-state index is 0. The van der Waals surface area contributed by atoms with Crippen molar-refractivity contribution in [3.63, 3.8) is 0 Å². The van der Waals surface area contributed by atoms with Crippen LogP contribution in [-0.4, -0.2) is 44.9 Å². The van der Waals surface area contributed by atoms with Crippen molar-refractivity contribution in [3.05, 3.63) is 59.2 Å². The maximum Gasteiger partial charge on any atom is 0.262 e. The number of halogens is 1. The van der Waals surface area contributed by atoms with Crippen LogP contribution in [0.2, 0.25) is 0 Å². The van der Waals surface area contributed by atoms with Gasteiger partial charge in [0, 0.05) is 36.9 Å². The lowest BCUT2D eigenvalue weighted by atomic mass is 10.1. The molecular formula is C20H26ClN3O3S. The number of hydrogen-bond acceptors (Lipinski definition) is 4. The predicted octanol–water partition coefficient (Wildman–Crippen LogP) is 2.96. The van der Waals surface area contributed by atoms with E-state index >= 15 is 0 Å². The number of aryl methyl sites for hydroxylation is 2. The molecule has 0 aliphatic carbocycles. The Bertz CT molecular complexity index is 946. The first-order valence-corrected chi connectivity index (χ1v) is 10.5. The highest BCUT2D eigenvalue weighted by atomic mass is 35.5. The topological polar surface area (TPSA) is 78.5 Å². The number of carbonyl (C=O) groups excluding carboxylic acids is 1. The SMILES string of the molecule is Cc1ccc(C)c(S(=O)(=O)Nc2ccc(C(=O)N3CCNC[C@H]3C)cc2)c1.Cl. The van der Waals surface area contributed by atoms with Crippen LogP contribution in [0.4, 0.5) is 5.69 Å². The summed E-state index contributed by atoms with van der Waals surface area (Å²) in [6, 6.07) is 12.0. The van der Waals surface area contributed by atoms with Gasteiger partial charge in [0.25, 0.3) is 15.9 Å². The molecule has 3 rings (SSSR count). The van der Waals surface area contributed by atoms with Crippen molar-refractivity contribution in [2.75, 3.05) is 24.4 Å².